The molecule has 0 spiro atoms. The van der Waals surface area contributed by atoms with Crippen molar-refractivity contribution in [3.8, 4) is 0 Å². The number of rotatable bonds is 10. The molecule has 3 aliphatic rings. The number of esters is 1. The van der Waals surface area contributed by atoms with Crippen molar-refractivity contribution in [3.63, 3.8) is 0 Å². The second-order valence-electron chi connectivity index (χ2n) is 13.6. The quantitative estimate of drug-likeness (QED) is 0.333. The van der Waals surface area contributed by atoms with Gasteiger partial charge in [0.25, 0.3) is 0 Å². The molecule has 0 radical (unpaired) electrons. The summed E-state index contributed by atoms with van der Waals surface area (Å²) in [5, 5.41) is 14.8. The Morgan fingerprint density at radius 3 is 2.37 bits per heavy atom. The van der Waals surface area contributed by atoms with Crippen molar-refractivity contribution in [1.82, 2.24) is 15.5 Å². The minimum atomic E-state index is -0.523. The van der Waals surface area contributed by atoms with Gasteiger partial charge in [0, 0.05) is 37.7 Å². The number of carbonyl (C=O) groups is 2. The molecule has 2 unspecified atom stereocenters. The zero-order chi connectivity index (χ0) is 30.6. The van der Waals surface area contributed by atoms with Gasteiger partial charge in [-0.05, 0) is 53.7 Å². The van der Waals surface area contributed by atoms with E-state index in [0.29, 0.717) is 23.4 Å². The lowest BCUT2D eigenvalue weighted by Crippen LogP contribution is -2.42. The molecule has 2 aliphatic heterocycles. The highest BCUT2D eigenvalue weighted by Crippen LogP contribution is 2.53. The summed E-state index contributed by atoms with van der Waals surface area (Å²) in [5.41, 5.74) is 4.52. The van der Waals surface area contributed by atoms with Crippen molar-refractivity contribution < 1.29 is 28.9 Å². The van der Waals surface area contributed by atoms with Gasteiger partial charge in [0.15, 0.2) is 6.29 Å². The van der Waals surface area contributed by atoms with Crippen LogP contribution < -0.4 is 10.6 Å². The third-order valence-corrected chi connectivity index (χ3v) is 8.98. The van der Waals surface area contributed by atoms with Crippen LogP contribution in [0.2, 0.25) is 0 Å². The molecule has 2 aromatic rings. The lowest BCUT2D eigenvalue weighted by Gasteiger charge is -2.41. The molecule has 9 heteroatoms. The number of hydrogen-bond donors (Lipinski definition) is 3. The molecule has 2 bridgehead atoms. The average Bonchev–Trinajstić information content (AvgIpc) is 3.22. The molecule has 9 nitrogen and oxygen atoms in total. The predicted molar refractivity (Wildman–Crippen MR) is 163 cm³/mol. The number of aliphatic hydroxyl groups excluding tert-OH is 1. The van der Waals surface area contributed by atoms with Crippen LogP contribution in [-0.2, 0) is 32.2 Å². The molecule has 5 rings (SSSR count). The number of nitrogens with one attached hydrogen (secondary N) is 2. The van der Waals surface area contributed by atoms with E-state index in [0.717, 1.165) is 41.8 Å². The van der Waals surface area contributed by atoms with Crippen LogP contribution in [-0.4, -0.2) is 60.4 Å². The van der Waals surface area contributed by atoms with Crippen LogP contribution in [0.15, 0.2) is 48.5 Å². The molecule has 1 aliphatic carbocycles. The average molecular weight is 594 g/mol. The number of likely N-dealkylation sites (tertiary alicyclic amines) is 1. The Bertz CT molecular complexity index is 1250. The number of amides is 2. The van der Waals surface area contributed by atoms with Gasteiger partial charge in [-0.1, -0.05) is 69.3 Å². The highest BCUT2D eigenvalue weighted by molar-refractivity contribution is 5.80. The first kappa shape index (κ1) is 31.4. The maximum atomic E-state index is 12.1. The summed E-state index contributed by atoms with van der Waals surface area (Å²) in [4.78, 5) is 26.2. The fraction of sp³-hybridized carbons (Fsp3) is 0.588. The number of nitrogens with zero attached hydrogens (tertiary/aromatic N) is 1. The van der Waals surface area contributed by atoms with Crippen LogP contribution in [0.4, 0.5) is 4.79 Å². The van der Waals surface area contributed by atoms with Gasteiger partial charge in [0.2, 0.25) is 0 Å². The van der Waals surface area contributed by atoms with Crippen LogP contribution in [0.1, 0.15) is 88.0 Å². The summed E-state index contributed by atoms with van der Waals surface area (Å²) in [6.07, 6.45) is 3.86. The smallest absolute Gasteiger partial charge is 0.325 e. The van der Waals surface area contributed by atoms with E-state index in [1.165, 1.54) is 19.3 Å². The maximum absolute atomic E-state index is 12.1. The summed E-state index contributed by atoms with van der Waals surface area (Å²) in [6, 6.07) is 16.0. The Morgan fingerprint density at radius 2 is 1.67 bits per heavy atom. The van der Waals surface area contributed by atoms with Gasteiger partial charge in [-0.3, -0.25) is 9.69 Å². The van der Waals surface area contributed by atoms with Crippen molar-refractivity contribution in [2.75, 3.05) is 26.2 Å². The monoisotopic (exact) mass is 593 g/mol. The fourth-order valence-electron chi connectivity index (χ4n) is 7.49. The predicted octanol–water partition coefficient (Wildman–Crippen LogP) is 4.99. The highest BCUT2D eigenvalue weighted by atomic mass is 16.7. The van der Waals surface area contributed by atoms with E-state index >= 15 is 0 Å². The molecule has 43 heavy (non-hydrogen) atoms. The van der Waals surface area contributed by atoms with Crippen LogP contribution in [0, 0.1) is 10.8 Å². The van der Waals surface area contributed by atoms with Crippen LogP contribution >= 0.6 is 0 Å². The van der Waals surface area contributed by atoms with E-state index in [1.807, 2.05) is 48.5 Å². The molecule has 3 N–H and O–H groups in total. The van der Waals surface area contributed by atoms with Crippen LogP contribution in [0.3, 0.4) is 0 Å². The number of urea groups is 1. The first-order valence-corrected chi connectivity index (χ1v) is 15.6. The van der Waals surface area contributed by atoms with Crippen molar-refractivity contribution in [3.05, 3.63) is 70.8 Å². The summed E-state index contributed by atoms with van der Waals surface area (Å²) in [6.45, 7) is 11.4. The standard InChI is InChI=1S/C34H47N3O6/c1-5-41-30(39)18-36-32(40)35-17-23-6-12-26(13-7-23)31-42-28(14-29(43-31)25-10-8-24(20-38)9-11-25)19-37-22-34(4)16-27(37)15-33(2,3)21-34/h6-13,27-29,31,38H,5,14-22H2,1-4H3,(H2,35,36,40)/t27?,28-,29+,31+,34?/m0/s1. The topological polar surface area (TPSA) is 109 Å². The summed E-state index contributed by atoms with van der Waals surface area (Å²) in [7, 11) is 0. The Labute approximate surface area is 255 Å². The van der Waals surface area contributed by atoms with Gasteiger partial charge in [0.1, 0.15) is 6.54 Å². The molecular weight excluding hydrogens is 546 g/mol. The van der Waals surface area contributed by atoms with Gasteiger partial charge in [-0.15, -0.1) is 0 Å². The molecule has 5 atom stereocenters. The Morgan fingerprint density at radius 1 is 0.977 bits per heavy atom. The fourth-order valence-corrected chi connectivity index (χ4v) is 7.49. The Kier molecular flexibility index (Phi) is 9.76. The third-order valence-electron chi connectivity index (χ3n) is 8.98. The third kappa shape index (κ3) is 8.15. The molecule has 3 fully saturated rings. The van der Waals surface area contributed by atoms with Gasteiger partial charge >= 0.3 is 12.0 Å². The summed E-state index contributed by atoms with van der Waals surface area (Å²) in [5.74, 6) is -0.471. The van der Waals surface area contributed by atoms with E-state index in [-0.39, 0.29) is 32.0 Å². The van der Waals surface area contributed by atoms with Crippen molar-refractivity contribution in [2.45, 2.75) is 91.1 Å². The maximum Gasteiger partial charge on any atom is 0.325 e. The molecule has 0 aromatic heterocycles. The van der Waals surface area contributed by atoms with Gasteiger partial charge in [-0.2, -0.15) is 0 Å². The molecule has 2 heterocycles. The van der Waals surface area contributed by atoms with Crippen molar-refractivity contribution in [2.24, 2.45) is 10.8 Å². The minimum absolute atomic E-state index is 0.0109. The highest BCUT2D eigenvalue weighted by Gasteiger charge is 2.50. The zero-order valence-corrected chi connectivity index (χ0v) is 25.9. The van der Waals surface area contributed by atoms with E-state index in [2.05, 4.69) is 36.3 Å². The molecule has 2 saturated heterocycles. The number of carbonyl (C=O) groups excluding carboxylic acids is 2. The number of hydrogen-bond acceptors (Lipinski definition) is 7. The molecule has 2 aromatic carbocycles. The first-order chi connectivity index (χ1) is 20.5. The number of benzene rings is 2. The van der Waals surface area contributed by atoms with Gasteiger partial charge < -0.3 is 30.0 Å². The Hall–Kier alpha value is -2.98. The SMILES string of the molecule is CCOC(=O)CNC(=O)NCc1ccc([C@@H]2O[C@H](CN3CC4(C)CC3CC(C)(C)C4)C[C@H](c3ccc(CO)cc3)O2)cc1. The molecular formula is C34H47N3O6. The van der Waals surface area contributed by atoms with Crippen molar-refractivity contribution >= 4 is 12.0 Å². The van der Waals surface area contributed by atoms with E-state index in [1.54, 1.807) is 6.92 Å². The normalized spacial score (nSPS) is 28.3. The van der Waals surface area contributed by atoms with Gasteiger partial charge in [-0.25, -0.2) is 4.79 Å². The second kappa shape index (κ2) is 13.3. The van der Waals surface area contributed by atoms with E-state index < -0.39 is 18.3 Å². The van der Waals surface area contributed by atoms with E-state index in [4.69, 9.17) is 14.2 Å². The lowest BCUT2D eigenvalue weighted by molar-refractivity contribution is -0.253. The number of ether oxygens (including phenoxy) is 3. The van der Waals surface area contributed by atoms with Crippen LogP contribution in [0.25, 0.3) is 0 Å². The molecule has 234 valence electrons. The van der Waals surface area contributed by atoms with E-state index in [9.17, 15) is 14.7 Å². The largest absolute Gasteiger partial charge is 0.465 e. The molecule has 1 saturated carbocycles. The first-order valence-electron chi connectivity index (χ1n) is 15.6. The number of fused-ring (bicyclic) bond motifs is 2. The number of aliphatic hydroxyl groups is 1. The Balaban J connectivity index is 1.25. The van der Waals surface area contributed by atoms with Crippen molar-refractivity contribution in [1.29, 1.82) is 0 Å². The lowest BCUT2D eigenvalue weighted by atomic mass is 9.65. The minimum Gasteiger partial charge on any atom is -0.465 e. The summed E-state index contributed by atoms with van der Waals surface area (Å²) >= 11 is 0. The zero-order valence-electron chi connectivity index (χ0n) is 25.9. The van der Waals surface area contributed by atoms with Gasteiger partial charge in [0.05, 0.1) is 25.4 Å². The van der Waals surface area contributed by atoms with Crippen LogP contribution in [0.5, 0.6) is 0 Å². The summed E-state index contributed by atoms with van der Waals surface area (Å²) < 4.78 is 18.0. The molecule has 2 amide bonds. The second-order valence-corrected chi connectivity index (χ2v) is 13.6.